The molecule has 0 heterocycles. The summed E-state index contributed by atoms with van der Waals surface area (Å²) < 4.78 is 0. The predicted molar refractivity (Wildman–Crippen MR) is 74.1 cm³/mol. The second-order valence-electron chi connectivity index (χ2n) is 5.33. The lowest BCUT2D eigenvalue weighted by Crippen LogP contribution is -2.40. The van der Waals surface area contributed by atoms with Gasteiger partial charge in [-0.25, -0.2) is 0 Å². The lowest BCUT2D eigenvalue weighted by Gasteiger charge is -2.33. The average Bonchev–Trinajstić information content (AvgIpc) is 2.22. The zero-order chi connectivity index (χ0) is 12.0. The molecule has 5 atom stereocenters. The van der Waals surface area contributed by atoms with Gasteiger partial charge in [-0.1, -0.05) is 41.0 Å². The van der Waals surface area contributed by atoms with E-state index < -0.39 is 0 Å². The van der Waals surface area contributed by atoms with Crippen LogP contribution in [0.15, 0.2) is 0 Å². The fraction of sp³-hybridized carbons (Fsp3) is 1.00. The summed E-state index contributed by atoms with van der Waals surface area (Å²) in [7, 11) is 1.02. The van der Waals surface area contributed by atoms with Crippen LogP contribution in [0, 0.1) is 17.8 Å². The fourth-order valence-corrected chi connectivity index (χ4v) is 2.93. The zero-order valence-electron chi connectivity index (χ0n) is 11.4. The third-order valence-corrected chi connectivity index (χ3v) is 4.98. The highest BCUT2D eigenvalue weighted by atomic mass is 31.1. The lowest BCUT2D eigenvalue weighted by molar-refractivity contribution is 0.275. The molecule has 1 nitrogen and oxygen atoms in total. The normalized spacial score (nSPS) is 20.8. The highest BCUT2D eigenvalue weighted by Gasteiger charge is 2.27. The average molecular weight is 231 g/mol. The van der Waals surface area contributed by atoms with Gasteiger partial charge in [0.1, 0.15) is 0 Å². The van der Waals surface area contributed by atoms with Crippen molar-refractivity contribution in [3.05, 3.63) is 0 Å². The predicted octanol–water partition coefficient (Wildman–Crippen LogP) is 3.72. The molecule has 0 saturated heterocycles. The van der Waals surface area contributed by atoms with Crippen molar-refractivity contribution in [1.29, 1.82) is 0 Å². The van der Waals surface area contributed by atoms with E-state index in [4.69, 9.17) is 5.73 Å². The molecule has 2 N–H and O–H groups in total. The Morgan fingerprint density at radius 3 is 2.00 bits per heavy atom. The van der Waals surface area contributed by atoms with Crippen molar-refractivity contribution < 1.29 is 0 Å². The van der Waals surface area contributed by atoms with Crippen LogP contribution in [0.2, 0.25) is 0 Å². The van der Waals surface area contributed by atoms with Crippen LogP contribution in [0.5, 0.6) is 0 Å². The van der Waals surface area contributed by atoms with Crippen molar-refractivity contribution in [3.63, 3.8) is 0 Å². The van der Waals surface area contributed by atoms with Gasteiger partial charge in [0.2, 0.25) is 0 Å². The Morgan fingerprint density at radius 1 is 1.13 bits per heavy atom. The minimum atomic E-state index is 0.389. The van der Waals surface area contributed by atoms with Gasteiger partial charge in [0.25, 0.3) is 0 Å². The van der Waals surface area contributed by atoms with Gasteiger partial charge in [-0.15, -0.1) is 8.58 Å². The van der Waals surface area contributed by atoms with E-state index in [2.05, 4.69) is 41.3 Å². The minimum Gasteiger partial charge on any atom is -0.327 e. The van der Waals surface area contributed by atoms with Crippen molar-refractivity contribution in [2.75, 3.05) is 6.66 Å². The van der Waals surface area contributed by atoms with E-state index in [0.717, 1.165) is 20.2 Å². The number of nitrogens with two attached hydrogens (primary N) is 1. The largest absolute Gasteiger partial charge is 0.327 e. The molecule has 0 aromatic rings. The Balaban J connectivity index is 4.46. The van der Waals surface area contributed by atoms with Crippen molar-refractivity contribution in [2.24, 2.45) is 23.5 Å². The third kappa shape index (κ3) is 5.31. The summed E-state index contributed by atoms with van der Waals surface area (Å²) in [6.45, 7) is 13.8. The van der Waals surface area contributed by atoms with Crippen LogP contribution in [-0.4, -0.2) is 18.4 Å². The molecule has 0 bridgehead atoms. The molecule has 0 aliphatic heterocycles. The van der Waals surface area contributed by atoms with Crippen LogP contribution in [0.1, 0.15) is 47.5 Å². The second kappa shape index (κ2) is 7.63. The molecule has 0 spiro atoms. The summed E-state index contributed by atoms with van der Waals surface area (Å²) in [4.78, 5) is 0. The van der Waals surface area contributed by atoms with E-state index in [9.17, 15) is 0 Å². The molecule has 5 unspecified atom stereocenters. The summed E-state index contributed by atoms with van der Waals surface area (Å²) in [5.74, 6) is 2.14. The maximum absolute atomic E-state index is 6.40. The molecular formula is C13H30NP. The summed E-state index contributed by atoms with van der Waals surface area (Å²) in [5.41, 5.74) is 7.19. The molecule has 92 valence electrons. The van der Waals surface area contributed by atoms with Gasteiger partial charge >= 0.3 is 0 Å². The quantitative estimate of drug-likeness (QED) is 0.664. The van der Waals surface area contributed by atoms with Crippen LogP contribution in [0.25, 0.3) is 0 Å². The first-order valence-corrected chi connectivity index (χ1v) is 7.94. The van der Waals surface area contributed by atoms with Gasteiger partial charge in [0, 0.05) is 6.04 Å². The Kier molecular flexibility index (Phi) is 7.83. The zero-order valence-corrected chi connectivity index (χ0v) is 12.4. The molecule has 0 fully saturated rings. The SMILES string of the molecule is CCC(C)C(N)C(CC(C)C)C(C)PC. The van der Waals surface area contributed by atoms with Crippen LogP contribution >= 0.6 is 8.58 Å². The summed E-state index contributed by atoms with van der Waals surface area (Å²) in [6.07, 6.45) is 2.49. The maximum Gasteiger partial charge on any atom is 0.00988 e. The van der Waals surface area contributed by atoms with E-state index >= 15 is 0 Å². The maximum atomic E-state index is 6.40. The van der Waals surface area contributed by atoms with Crippen molar-refractivity contribution >= 4 is 8.58 Å². The molecular weight excluding hydrogens is 201 g/mol. The van der Waals surface area contributed by atoms with Crippen LogP contribution in [0.4, 0.5) is 0 Å². The second-order valence-corrected chi connectivity index (χ2v) is 6.82. The smallest absolute Gasteiger partial charge is 0.00988 e. The number of hydrogen-bond donors (Lipinski definition) is 1. The van der Waals surface area contributed by atoms with E-state index in [-0.39, 0.29) is 0 Å². The van der Waals surface area contributed by atoms with Gasteiger partial charge in [-0.2, -0.15) is 0 Å². The van der Waals surface area contributed by atoms with Gasteiger partial charge in [0.15, 0.2) is 0 Å². The molecule has 0 aliphatic rings. The number of hydrogen-bond acceptors (Lipinski definition) is 1. The molecule has 2 heteroatoms. The van der Waals surface area contributed by atoms with Gasteiger partial charge < -0.3 is 5.73 Å². The highest BCUT2D eigenvalue weighted by Crippen LogP contribution is 2.32. The molecule has 0 saturated carbocycles. The summed E-state index contributed by atoms with van der Waals surface area (Å²) in [5, 5.41) is 0. The van der Waals surface area contributed by atoms with Gasteiger partial charge in [-0.05, 0) is 36.5 Å². The van der Waals surface area contributed by atoms with Crippen molar-refractivity contribution in [1.82, 2.24) is 0 Å². The summed E-state index contributed by atoms with van der Waals surface area (Å²) >= 11 is 0. The summed E-state index contributed by atoms with van der Waals surface area (Å²) in [6, 6.07) is 0.389. The van der Waals surface area contributed by atoms with Crippen LogP contribution < -0.4 is 5.73 Å². The van der Waals surface area contributed by atoms with Crippen molar-refractivity contribution in [2.45, 2.75) is 59.2 Å². The van der Waals surface area contributed by atoms with Crippen molar-refractivity contribution in [3.8, 4) is 0 Å². The Morgan fingerprint density at radius 2 is 1.67 bits per heavy atom. The molecule has 0 aromatic heterocycles. The fourth-order valence-electron chi connectivity index (χ4n) is 2.15. The van der Waals surface area contributed by atoms with E-state index in [0.29, 0.717) is 17.9 Å². The Labute approximate surface area is 98.4 Å². The molecule has 0 rings (SSSR count). The van der Waals surface area contributed by atoms with Gasteiger partial charge in [0.05, 0.1) is 0 Å². The minimum absolute atomic E-state index is 0.389. The standard InChI is InChI=1S/C13H30NP/c1-7-10(4)13(14)12(8-9(2)3)11(5)15-6/h9-13,15H,7-8,14H2,1-6H3. The molecule has 15 heavy (non-hydrogen) atoms. The monoisotopic (exact) mass is 231 g/mol. The molecule has 0 aromatic carbocycles. The third-order valence-electron chi connectivity index (χ3n) is 3.64. The van der Waals surface area contributed by atoms with Gasteiger partial charge in [-0.3, -0.25) is 0 Å². The Hall–Kier alpha value is 0.390. The Bertz CT molecular complexity index is 159. The molecule has 0 aliphatic carbocycles. The number of rotatable bonds is 7. The topological polar surface area (TPSA) is 26.0 Å². The van der Waals surface area contributed by atoms with E-state index in [1.165, 1.54) is 12.8 Å². The first-order valence-electron chi connectivity index (χ1n) is 6.36. The van der Waals surface area contributed by atoms with Crippen LogP contribution in [0.3, 0.4) is 0 Å². The molecule has 0 amide bonds. The van der Waals surface area contributed by atoms with E-state index in [1.807, 2.05) is 0 Å². The first kappa shape index (κ1) is 15.4. The molecule has 0 radical (unpaired) electrons. The van der Waals surface area contributed by atoms with E-state index in [1.54, 1.807) is 0 Å². The lowest BCUT2D eigenvalue weighted by atomic mass is 9.81. The van der Waals surface area contributed by atoms with Crippen LogP contribution in [-0.2, 0) is 0 Å². The first-order chi connectivity index (χ1) is 6.93. The highest BCUT2D eigenvalue weighted by molar-refractivity contribution is 7.37.